The zero-order valence-electron chi connectivity index (χ0n) is 18.9. The molecule has 0 unspecified atom stereocenters. The topological polar surface area (TPSA) is 143 Å². The van der Waals surface area contributed by atoms with E-state index in [2.05, 4.69) is 0 Å². The molecular formula is C20H18Cl4N2O8S4. The highest BCUT2D eigenvalue weighted by molar-refractivity contribution is 7.93. The molecule has 3 aliphatic heterocycles. The van der Waals surface area contributed by atoms with Gasteiger partial charge in [0.05, 0.1) is 77.1 Å². The Morgan fingerprint density at radius 1 is 0.553 bits per heavy atom. The zero-order valence-corrected chi connectivity index (χ0v) is 25.2. The lowest BCUT2D eigenvalue weighted by Crippen LogP contribution is -2.69. The van der Waals surface area contributed by atoms with Gasteiger partial charge in [-0.05, 0) is 36.4 Å². The molecule has 0 spiro atoms. The Balaban J connectivity index is 1.71. The first-order chi connectivity index (χ1) is 17.4. The van der Waals surface area contributed by atoms with Crippen molar-refractivity contribution >= 4 is 86.1 Å². The van der Waals surface area contributed by atoms with Crippen molar-refractivity contribution in [1.82, 2.24) is 8.61 Å². The first-order valence-electron chi connectivity index (χ1n) is 10.8. The van der Waals surface area contributed by atoms with Gasteiger partial charge in [0.2, 0.25) is 20.0 Å². The molecule has 38 heavy (non-hydrogen) atoms. The maximum Gasteiger partial charge on any atom is 0.243 e. The van der Waals surface area contributed by atoms with E-state index in [1.54, 1.807) is 0 Å². The molecule has 2 aromatic rings. The van der Waals surface area contributed by atoms with Crippen molar-refractivity contribution in [2.24, 2.45) is 0 Å². The first-order valence-corrected chi connectivity index (χ1v) is 18.9. The molecule has 5 rings (SSSR count). The summed E-state index contributed by atoms with van der Waals surface area (Å²) < 4.78 is 109. The molecule has 3 aliphatic rings. The second-order valence-electron chi connectivity index (χ2n) is 9.24. The summed E-state index contributed by atoms with van der Waals surface area (Å²) in [6.45, 7) is 0. The minimum absolute atomic E-state index is 0.0748. The number of piperazine rings is 1. The number of rotatable bonds is 4. The molecule has 0 saturated carbocycles. The lowest BCUT2D eigenvalue weighted by molar-refractivity contribution is 0.0841. The van der Waals surface area contributed by atoms with Gasteiger partial charge in [-0.2, -0.15) is 8.61 Å². The number of nitrogens with zero attached hydrogens (tertiary/aromatic N) is 2. The molecule has 10 nitrogen and oxygen atoms in total. The van der Waals surface area contributed by atoms with Crippen LogP contribution in [0.15, 0.2) is 46.2 Å². The Morgan fingerprint density at radius 2 is 0.842 bits per heavy atom. The standard InChI is InChI=1S/C20H18Cl4N2O8S4/c21-13-3-1-11(5-15(13)23)37(31,32)25-17-7-35(27,28)9-19(17)26(20-10-36(29,30)8-18(20)25)38(33,34)12-2-4-14(22)16(24)6-12/h1-6,17-20H,7-10H2/t17-,18-,19-,20+/m0/s1. The lowest BCUT2D eigenvalue weighted by Gasteiger charge is -2.49. The average molecular weight is 684 g/mol. The summed E-state index contributed by atoms with van der Waals surface area (Å²) in [7, 11) is -17.0. The Kier molecular flexibility index (Phi) is 7.15. The van der Waals surface area contributed by atoms with Crippen molar-refractivity contribution in [3.63, 3.8) is 0 Å². The molecule has 0 aromatic heterocycles. The molecule has 2 aromatic carbocycles. The van der Waals surface area contributed by atoms with E-state index in [0.717, 1.165) is 20.7 Å². The van der Waals surface area contributed by atoms with Crippen LogP contribution in [0.4, 0.5) is 0 Å². The average Bonchev–Trinajstić information content (AvgIpc) is 3.27. The Bertz CT molecular complexity index is 1610. The van der Waals surface area contributed by atoms with Crippen LogP contribution in [0.25, 0.3) is 0 Å². The Hall–Kier alpha value is -0.680. The summed E-state index contributed by atoms with van der Waals surface area (Å²) in [6.07, 6.45) is 0. The minimum atomic E-state index is -4.55. The molecular weight excluding hydrogens is 666 g/mol. The van der Waals surface area contributed by atoms with Crippen molar-refractivity contribution in [2.45, 2.75) is 34.0 Å². The third kappa shape index (κ3) is 4.78. The second-order valence-corrected chi connectivity index (χ2v) is 18.9. The van der Waals surface area contributed by atoms with E-state index in [-0.39, 0.29) is 29.9 Å². The fourth-order valence-electron chi connectivity index (χ4n) is 5.32. The highest BCUT2D eigenvalue weighted by Gasteiger charge is 2.63. The largest absolute Gasteiger partial charge is 0.243 e. The predicted molar refractivity (Wildman–Crippen MR) is 143 cm³/mol. The predicted octanol–water partition coefficient (Wildman–Crippen LogP) is 2.33. The van der Waals surface area contributed by atoms with Gasteiger partial charge in [0.1, 0.15) is 0 Å². The SMILES string of the molecule is O=S1(=O)C[C@@H]2[C@H](C1)N(S(=O)(=O)c1ccc(Cl)c(Cl)c1)[C@H]1CS(=O)(=O)C[C@@H]1N2S(=O)(=O)c1ccc(Cl)c(Cl)c1. The summed E-state index contributed by atoms with van der Waals surface area (Å²) in [5.74, 6) is -2.80. The number of sulfonamides is 2. The molecule has 0 radical (unpaired) electrons. The van der Waals surface area contributed by atoms with Crippen molar-refractivity contribution in [3.8, 4) is 0 Å². The van der Waals surface area contributed by atoms with E-state index in [9.17, 15) is 33.7 Å². The smallest absolute Gasteiger partial charge is 0.229 e. The number of sulfone groups is 2. The first kappa shape index (κ1) is 28.8. The Labute approximate surface area is 240 Å². The van der Waals surface area contributed by atoms with Crippen LogP contribution in [0.1, 0.15) is 0 Å². The summed E-state index contributed by atoms with van der Waals surface area (Å²) in [4.78, 5) is -0.669. The van der Waals surface area contributed by atoms with Crippen molar-refractivity contribution < 1.29 is 33.7 Å². The normalized spacial score (nSPS) is 29.2. The molecule has 4 atom stereocenters. The monoisotopic (exact) mass is 682 g/mol. The minimum Gasteiger partial charge on any atom is -0.229 e. The molecule has 0 bridgehead atoms. The molecule has 18 heteroatoms. The van der Waals surface area contributed by atoms with Crippen molar-refractivity contribution in [3.05, 3.63) is 56.5 Å². The van der Waals surface area contributed by atoms with E-state index < -0.39 is 86.9 Å². The van der Waals surface area contributed by atoms with Crippen LogP contribution in [0.2, 0.25) is 20.1 Å². The van der Waals surface area contributed by atoms with Gasteiger partial charge in [-0.25, -0.2) is 33.7 Å². The summed E-state index contributed by atoms with van der Waals surface area (Å²) in [6, 6.07) is 1.39. The molecule has 0 aliphatic carbocycles. The number of halogens is 4. The van der Waals surface area contributed by atoms with E-state index in [0.29, 0.717) is 0 Å². The number of hydrogen-bond donors (Lipinski definition) is 0. The van der Waals surface area contributed by atoms with E-state index in [1.807, 2.05) is 0 Å². The maximum absolute atomic E-state index is 13.9. The summed E-state index contributed by atoms with van der Waals surface area (Å²) in [5, 5.41) is -0.0175. The zero-order chi connectivity index (χ0) is 28.0. The fraction of sp³-hybridized carbons (Fsp3) is 0.400. The van der Waals surface area contributed by atoms with Crippen molar-refractivity contribution in [1.29, 1.82) is 0 Å². The van der Waals surface area contributed by atoms with E-state index in [1.165, 1.54) is 24.3 Å². The maximum atomic E-state index is 13.9. The molecule has 3 fully saturated rings. The Morgan fingerprint density at radius 3 is 1.11 bits per heavy atom. The molecule has 3 saturated heterocycles. The van der Waals surface area contributed by atoms with Crippen molar-refractivity contribution in [2.75, 3.05) is 23.0 Å². The number of benzene rings is 2. The molecule has 0 amide bonds. The highest BCUT2D eigenvalue weighted by atomic mass is 35.5. The van der Waals surface area contributed by atoms with Gasteiger partial charge in [-0.1, -0.05) is 46.4 Å². The van der Waals surface area contributed by atoms with Crippen LogP contribution < -0.4 is 0 Å². The van der Waals surface area contributed by atoms with Gasteiger partial charge in [-0.3, -0.25) is 0 Å². The summed E-state index contributed by atoms with van der Waals surface area (Å²) in [5.41, 5.74) is 0. The van der Waals surface area contributed by atoms with Gasteiger partial charge in [0, 0.05) is 0 Å². The van der Waals surface area contributed by atoms with E-state index >= 15 is 0 Å². The van der Waals surface area contributed by atoms with Gasteiger partial charge in [-0.15, -0.1) is 0 Å². The third-order valence-corrected chi connectivity index (χ3v) is 15.6. The lowest BCUT2D eigenvalue weighted by atomic mass is 10.0. The van der Waals surface area contributed by atoms with Gasteiger partial charge < -0.3 is 0 Å². The fourth-order valence-corrected chi connectivity index (χ4v) is 14.1. The van der Waals surface area contributed by atoms with Crippen LogP contribution in [-0.4, -0.2) is 89.5 Å². The quantitative estimate of drug-likeness (QED) is 0.478. The van der Waals surface area contributed by atoms with Gasteiger partial charge in [0.25, 0.3) is 0 Å². The number of fused-ring (bicyclic) bond motifs is 2. The number of hydrogen-bond acceptors (Lipinski definition) is 8. The second kappa shape index (κ2) is 9.43. The van der Waals surface area contributed by atoms with Gasteiger partial charge >= 0.3 is 0 Å². The molecule has 208 valence electrons. The molecule has 0 N–H and O–H groups in total. The summed E-state index contributed by atoms with van der Waals surface area (Å²) >= 11 is 23.9. The highest BCUT2D eigenvalue weighted by Crippen LogP contribution is 2.44. The molecule has 3 heterocycles. The van der Waals surface area contributed by atoms with Crippen LogP contribution in [0, 0.1) is 0 Å². The third-order valence-electron chi connectivity index (χ3n) is 6.83. The van der Waals surface area contributed by atoms with Gasteiger partial charge in [0.15, 0.2) is 19.7 Å². The van der Waals surface area contributed by atoms with Crippen LogP contribution in [-0.2, 0) is 39.7 Å². The van der Waals surface area contributed by atoms with Crippen LogP contribution >= 0.6 is 46.4 Å². The van der Waals surface area contributed by atoms with Crippen LogP contribution in [0.3, 0.4) is 0 Å². The van der Waals surface area contributed by atoms with E-state index in [4.69, 9.17) is 46.4 Å². The van der Waals surface area contributed by atoms with Crippen LogP contribution in [0.5, 0.6) is 0 Å².